The Kier molecular flexibility index (Phi) is 16.1. The highest BCUT2D eigenvalue weighted by molar-refractivity contribution is 4.96. The standard InChI is InChI=1S/C30H52O26/c31-1-6-12(34)20(42)25(26(47)51-6)56-30-24(46)19(41)15(37)10(55-30)5-50-29-23(45)18(40)14(36)9(54-29)4-49-28-22(44)17(39)13(35)8(53-28)3-48-27-21(43)16(38)11(33)7(2-32)52-27/h6-47H,1-5H2/t6-,7-,8-,9-,10-,11-,12-,13-,14-,15-,16+,17+,18+,19+,20+,21-,22-,23-,24-,25-,26+,27+,28+,29+,30-/m1/s1. The molecule has 5 aliphatic rings. The molecular formula is C30H52O26. The first-order chi connectivity index (χ1) is 26.4. The largest absolute Gasteiger partial charge is 0.394 e. The van der Waals surface area contributed by atoms with E-state index in [1.54, 1.807) is 0 Å². The van der Waals surface area contributed by atoms with Gasteiger partial charge in [-0.15, -0.1) is 0 Å². The van der Waals surface area contributed by atoms with Crippen LogP contribution in [0.4, 0.5) is 0 Å². The Morgan fingerprint density at radius 2 is 0.589 bits per heavy atom. The van der Waals surface area contributed by atoms with Crippen molar-refractivity contribution in [1.82, 2.24) is 0 Å². The molecule has 0 unspecified atom stereocenters. The van der Waals surface area contributed by atoms with Crippen LogP contribution in [0.2, 0.25) is 0 Å². The highest BCUT2D eigenvalue weighted by atomic mass is 16.8. The summed E-state index contributed by atoms with van der Waals surface area (Å²) in [6.45, 7) is -3.75. The van der Waals surface area contributed by atoms with Gasteiger partial charge in [-0.2, -0.15) is 0 Å². The van der Waals surface area contributed by atoms with E-state index in [2.05, 4.69) is 0 Å². The van der Waals surface area contributed by atoms with Crippen molar-refractivity contribution in [1.29, 1.82) is 0 Å². The van der Waals surface area contributed by atoms with Gasteiger partial charge in [-0.1, -0.05) is 0 Å². The van der Waals surface area contributed by atoms with E-state index in [-0.39, 0.29) is 0 Å². The molecule has 17 N–H and O–H groups in total. The minimum atomic E-state index is -2.00. The fraction of sp³-hybridized carbons (Fsp3) is 1.00. The van der Waals surface area contributed by atoms with E-state index in [9.17, 15) is 86.8 Å². The van der Waals surface area contributed by atoms with Gasteiger partial charge >= 0.3 is 0 Å². The molecule has 5 saturated heterocycles. The fourth-order valence-corrected chi connectivity index (χ4v) is 6.70. The second-order valence-corrected chi connectivity index (χ2v) is 14.1. The predicted octanol–water partition coefficient (Wildman–Crippen LogP) is -11.9. The summed E-state index contributed by atoms with van der Waals surface area (Å²) < 4.78 is 48.4. The number of hydrogen-bond donors (Lipinski definition) is 17. The molecule has 56 heavy (non-hydrogen) atoms. The third-order valence-electron chi connectivity index (χ3n) is 10.3. The van der Waals surface area contributed by atoms with Crippen LogP contribution in [0.15, 0.2) is 0 Å². The van der Waals surface area contributed by atoms with Gasteiger partial charge in [0, 0.05) is 0 Å². The summed E-state index contributed by atoms with van der Waals surface area (Å²) in [5, 5.41) is 174. The molecule has 328 valence electrons. The van der Waals surface area contributed by atoms with Crippen molar-refractivity contribution in [2.24, 2.45) is 0 Å². The SMILES string of the molecule is OC[C@H]1O[C@H](OC[C@H]2O[C@H](OC[C@H]3O[C@H](OC[C@H]4O[C@H](O[C@@H]5[C@@H](O)[C@H](O)[C@@H](CO)O[C@@H]5O)[C@H](O)[C@@H](O)[C@@H]4O)[C@H](O)[C@@H](O)[C@@H]3O)[C@H](O)[C@@H](O)[C@@H]2O)[C@H](O)[C@@H](O)[C@@H]1O. The first-order valence-electron chi connectivity index (χ1n) is 17.6. The molecule has 26 heteroatoms. The van der Waals surface area contributed by atoms with E-state index in [1.165, 1.54) is 0 Å². The third kappa shape index (κ3) is 9.61. The van der Waals surface area contributed by atoms with Crippen LogP contribution in [0, 0.1) is 0 Å². The zero-order valence-electron chi connectivity index (χ0n) is 29.2. The minimum Gasteiger partial charge on any atom is -0.394 e. The molecule has 26 nitrogen and oxygen atoms in total. The second-order valence-electron chi connectivity index (χ2n) is 14.1. The zero-order valence-corrected chi connectivity index (χ0v) is 29.2. The van der Waals surface area contributed by atoms with Crippen LogP contribution in [0.3, 0.4) is 0 Å². The predicted molar refractivity (Wildman–Crippen MR) is 167 cm³/mol. The van der Waals surface area contributed by atoms with Gasteiger partial charge in [-0.05, 0) is 0 Å². The summed E-state index contributed by atoms with van der Waals surface area (Å²) in [4.78, 5) is 0. The molecule has 5 heterocycles. The summed E-state index contributed by atoms with van der Waals surface area (Å²) >= 11 is 0. The lowest BCUT2D eigenvalue weighted by Crippen LogP contribution is -2.65. The Morgan fingerprint density at radius 3 is 0.964 bits per heavy atom. The highest BCUT2D eigenvalue weighted by Gasteiger charge is 2.52. The van der Waals surface area contributed by atoms with Gasteiger partial charge in [0.1, 0.15) is 122 Å². The van der Waals surface area contributed by atoms with Crippen LogP contribution in [0.5, 0.6) is 0 Å². The van der Waals surface area contributed by atoms with Crippen molar-refractivity contribution < 1.29 is 129 Å². The first kappa shape index (κ1) is 46.0. The molecule has 0 radical (unpaired) electrons. The topological polar surface area (TPSA) is 427 Å². The Labute approximate surface area is 316 Å². The maximum atomic E-state index is 10.6. The maximum Gasteiger partial charge on any atom is 0.187 e. The van der Waals surface area contributed by atoms with E-state index >= 15 is 0 Å². The summed E-state index contributed by atoms with van der Waals surface area (Å²) in [5.41, 5.74) is 0. The molecule has 0 aliphatic carbocycles. The molecule has 0 spiro atoms. The van der Waals surface area contributed by atoms with Crippen LogP contribution in [-0.4, -0.2) is 273 Å². The molecule has 5 rings (SSSR count). The lowest BCUT2D eigenvalue weighted by Gasteiger charge is -2.45. The van der Waals surface area contributed by atoms with Gasteiger partial charge in [-0.3, -0.25) is 0 Å². The molecule has 0 aromatic carbocycles. The average Bonchev–Trinajstić information content (AvgIpc) is 3.18. The van der Waals surface area contributed by atoms with Crippen molar-refractivity contribution in [2.45, 2.75) is 154 Å². The van der Waals surface area contributed by atoms with Crippen molar-refractivity contribution in [3.05, 3.63) is 0 Å². The highest BCUT2D eigenvalue weighted by Crippen LogP contribution is 2.31. The molecule has 0 aromatic rings. The van der Waals surface area contributed by atoms with Crippen molar-refractivity contribution in [3.8, 4) is 0 Å². The van der Waals surface area contributed by atoms with Crippen molar-refractivity contribution in [3.63, 3.8) is 0 Å². The fourth-order valence-electron chi connectivity index (χ4n) is 6.70. The molecule has 5 aliphatic heterocycles. The second kappa shape index (κ2) is 19.6. The Bertz CT molecular complexity index is 1210. The van der Waals surface area contributed by atoms with Gasteiger partial charge in [-0.25, -0.2) is 0 Å². The molecule has 0 saturated carbocycles. The molecule has 25 atom stereocenters. The Hall–Kier alpha value is -1.04. The van der Waals surface area contributed by atoms with E-state index in [4.69, 9.17) is 42.6 Å². The minimum absolute atomic E-state index is 0.675. The van der Waals surface area contributed by atoms with Crippen LogP contribution in [-0.2, 0) is 42.6 Å². The van der Waals surface area contributed by atoms with Gasteiger partial charge in [0.15, 0.2) is 31.5 Å². The summed E-state index contributed by atoms with van der Waals surface area (Å²) in [5.74, 6) is 0. The number of ether oxygens (including phenoxy) is 9. The van der Waals surface area contributed by atoms with Gasteiger partial charge in [0.05, 0.1) is 33.0 Å². The van der Waals surface area contributed by atoms with E-state index in [1.807, 2.05) is 0 Å². The van der Waals surface area contributed by atoms with Gasteiger partial charge in [0.2, 0.25) is 0 Å². The first-order valence-corrected chi connectivity index (χ1v) is 17.6. The zero-order chi connectivity index (χ0) is 41.3. The van der Waals surface area contributed by atoms with E-state index in [0.717, 1.165) is 0 Å². The summed E-state index contributed by atoms with van der Waals surface area (Å²) in [6, 6.07) is 0. The molecule has 0 amide bonds. The summed E-state index contributed by atoms with van der Waals surface area (Å²) in [6.07, 6.45) is -44.6. The quantitative estimate of drug-likeness (QED) is 0.0819. The van der Waals surface area contributed by atoms with Crippen LogP contribution >= 0.6 is 0 Å². The Balaban J connectivity index is 1.17. The summed E-state index contributed by atoms with van der Waals surface area (Å²) in [7, 11) is 0. The van der Waals surface area contributed by atoms with Crippen molar-refractivity contribution in [2.75, 3.05) is 33.0 Å². The van der Waals surface area contributed by atoms with Crippen LogP contribution < -0.4 is 0 Å². The van der Waals surface area contributed by atoms with Crippen LogP contribution in [0.1, 0.15) is 0 Å². The number of aliphatic hydroxyl groups is 17. The van der Waals surface area contributed by atoms with Gasteiger partial charge in [0.25, 0.3) is 0 Å². The number of aliphatic hydroxyl groups excluding tert-OH is 17. The van der Waals surface area contributed by atoms with Crippen LogP contribution in [0.25, 0.3) is 0 Å². The van der Waals surface area contributed by atoms with Gasteiger partial charge < -0.3 is 129 Å². The monoisotopic (exact) mass is 828 g/mol. The molecule has 5 fully saturated rings. The third-order valence-corrected chi connectivity index (χ3v) is 10.3. The maximum absolute atomic E-state index is 10.6. The Morgan fingerprint density at radius 1 is 0.304 bits per heavy atom. The molecular weight excluding hydrogens is 776 g/mol. The smallest absolute Gasteiger partial charge is 0.187 e. The average molecular weight is 829 g/mol. The number of hydrogen-bond acceptors (Lipinski definition) is 26. The number of rotatable bonds is 13. The normalized spacial score (nSPS) is 53.2. The van der Waals surface area contributed by atoms with Crippen molar-refractivity contribution >= 4 is 0 Å². The molecule has 0 bridgehead atoms. The lowest BCUT2D eigenvalue weighted by atomic mass is 9.97. The van der Waals surface area contributed by atoms with E-state index in [0.29, 0.717) is 0 Å². The van der Waals surface area contributed by atoms with E-state index < -0.39 is 187 Å². The lowest BCUT2D eigenvalue weighted by molar-refractivity contribution is -0.369. The molecule has 0 aromatic heterocycles.